The van der Waals surface area contributed by atoms with E-state index in [2.05, 4.69) is 39.3 Å². The van der Waals surface area contributed by atoms with Crippen molar-refractivity contribution in [1.29, 1.82) is 0 Å². The fourth-order valence-electron chi connectivity index (χ4n) is 2.11. The Morgan fingerprint density at radius 2 is 1.95 bits per heavy atom. The maximum absolute atomic E-state index is 5.88. The predicted molar refractivity (Wildman–Crippen MR) is 91.3 cm³/mol. The second-order valence-electron chi connectivity index (χ2n) is 5.27. The Bertz CT molecular complexity index is 619. The first-order valence-corrected chi connectivity index (χ1v) is 7.67. The molecule has 1 heterocycles. The molecule has 0 saturated heterocycles. The van der Waals surface area contributed by atoms with Crippen LogP contribution in [0.2, 0.25) is 0 Å². The van der Waals surface area contributed by atoms with E-state index in [1.807, 2.05) is 25.1 Å². The third-order valence-corrected chi connectivity index (χ3v) is 3.30. The lowest BCUT2D eigenvalue weighted by atomic mass is 10.1. The van der Waals surface area contributed by atoms with E-state index in [1.165, 1.54) is 24.8 Å². The predicted octanol–water partition coefficient (Wildman–Crippen LogP) is 3.58. The maximum atomic E-state index is 5.88. The third kappa shape index (κ3) is 5.16. The zero-order valence-electron chi connectivity index (χ0n) is 13.2. The molecule has 0 fully saturated rings. The summed E-state index contributed by atoms with van der Waals surface area (Å²) in [5, 5.41) is 3.05. The number of rotatable bonds is 6. The molecule has 0 bridgehead atoms. The van der Waals surface area contributed by atoms with Gasteiger partial charge in [-0.3, -0.25) is 0 Å². The molecule has 0 unspecified atom stereocenters. The lowest BCUT2D eigenvalue weighted by molar-refractivity contribution is 0.717. The molecule has 116 valence electrons. The van der Waals surface area contributed by atoms with E-state index in [0.29, 0.717) is 5.95 Å². The van der Waals surface area contributed by atoms with Crippen LogP contribution in [-0.4, -0.2) is 15.9 Å². The van der Waals surface area contributed by atoms with Crippen molar-refractivity contribution in [1.82, 2.24) is 9.97 Å². The summed E-state index contributed by atoms with van der Waals surface area (Å²) in [5.74, 6) is 0.644. The molecule has 0 aliphatic heterocycles. The number of hydrogen-bond acceptors (Lipinski definition) is 3. The quantitative estimate of drug-likeness (QED) is 0.485. The summed E-state index contributed by atoms with van der Waals surface area (Å²) in [7, 11) is 0. The first kappa shape index (κ1) is 15.9. The number of aromatic nitrogens is 2. The van der Waals surface area contributed by atoms with Crippen molar-refractivity contribution < 1.29 is 0 Å². The summed E-state index contributed by atoms with van der Waals surface area (Å²) in [4.78, 5) is 12.4. The zero-order valence-corrected chi connectivity index (χ0v) is 13.2. The van der Waals surface area contributed by atoms with Crippen LogP contribution in [0.15, 0.2) is 41.5 Å². The molecule has 22 heavy (non-hydrogen) atoms. The third-order valence-electron chi connectivity index (χ3n) is 3.30. The molecule has 0 spiro atoms. The molecule has 2 aromatic rings. The number of aliphatic imine (C=N–C) groups is 1. The van der Waals surface area contributed by atoms with Crippen LogP contribution < -0.4 is 11.1 Å². The monoisotopic (exact) mass is 297 g/mol. The van der Waals surface area contributed by atoms with Crippen LogP contribution in [0.25, 0.3) is 0 Å². The van der Waals surface area contributed by atoms with Crippen molar-refractivity contribution in [3.8, 4) is 0 Å². The van der Waals surface area contributed by atoms with Gasteiger partial charge in [0.25, 0.3) is 5.95 Å². The van der Waals surface area contributed by atoms with Gasteiger partial charge in [0.1, 0.15) is 0 Å². The van der Waals surface area contributed by atoms with Crippen LogP contribution in [0, 0.1) is 6.92 Å². The van der Waals surface area contributed by atoms with E-state index >= 15 is 0 Å². The van der Waals surface area contributed by atoms with Gasteiger partial charge in [-0.25, -0.2) is 9.97 Å². The summed E-state index contributed by atoms with van der Waals surface area (Å²) in [6.45, 7) is 4.11. The van der Waals surface area contributed by atoms with Crippen molar-refractivity contribution in [2.24, 2.45) is 10.7 Å². The smallest absolute Gasteiger partial charge is 0.252 e. The maximum Gasteiger partial charge on any atom is 0.252 e. The minimum Gasteiger partial charge on any atom is -0.369 e. The molecule has 2 rings (SSSR count). The Kier molecular flexibility index (Phi) is 5.89. The number of hydrogen-bond donors (Lipinski definition) is 2. The highest BCUT2D eigenvalue weighted by atomic mass is 15.2. The molecule has 5 heteroatoms. The molecular weight excluding hydrogens is 274 g/mol. The van der Waals surface area contributed by atoms with Crippen molar-refractivity contribution in [3.63, 3.8) is 0 Å². The molecule has 1 aromatic carbocycles. The molecule has 0 amide bonds. The molecule has 0 aliphatic rings. The Morgan fingerprint density at radius 3 is 2.64 bits per heavy atom. The highest BCUT2D eigenvalue weighted by Gasteiger charge is 1.99. The average Bonchev–Trinajstić information content (AvgIpc) is 2.49. The van der Waals surface area contributed by atoms with Crippen LogP contribution in [-0.2, 0) is 6.42 Å². The fraction of sp³-hybridized carbons (Fsp3) is 0.353. The second kappa shape index (κ2) is 8.12. The van der Waals surface area contributed by atoms with Crippen molar-refractivity contribution in [3.05, 3.63) is 47.8 Å². The Labute approximate surface area is 131 Å². The SMILES string of the molecule is CCCCCc1ccc(N/C(N)=N\c2nccc(C)n2)cc1. The van der Waals surface area contributed by atoms with Gasteiger partial charge in [0.2, 0.25) is 5.96 Å². The molecule has 0 saturated carbocycles. The molecular formula is C17H23N5. The molecule has 5 nitrogen and oxygen atoms in total. The number of benzene rings is 1. The van der Waals surface area contributed by atoms with Crippen LogP contribution in [0.3, 0.4) is 0 Å². The number of nitrogens with one attached hydrogen (secondary N) is 1. The molecule has 3 N–H and O–H groups in total. The van der Waals surface area contributed by atoms with Crippen LogP contribution in [0.4, 0.5) is 11.6 Å². The van der Waals surface area contributed by atoms with Gasteiger partial charge in [-0.1, -0.05) is 31.9 Å². The van der Waals surface area contributed by atoms with E-state index in [-0.39, 0.29) is 5.96 Å². The van der Waals surface area contributed by atoms with Crippen molar-refractivity contribution in [2.45, 2.75) is 39.5 Å². The minimum atomic E-state index is 0.282. The standard InChI is InChI=1S/C17H23N5/c1-3-4-5-6-14-7-9-15(10-8-14)21-16(18)22-17-19-12-11-13(2)20-17/h7-12H,3-6H2,1-2H3,(H3,18,19,20,21,22). The average molecular weight is 297 g/mol. The van der Waals surface area contributed by atoms with Crippen molar-refractivity contribution in [2.75, 3.05) is 5.32 Å². The number of nitrogens with two attached hydrogens (primary N) is 1. The summed E-state index contributed by atoms with van der Waals surface area (Å²) in [5.41, 5.74) is 9.00. The van der Waals surface area contributed by atoms with Crippen molar-refractivity contribution >= 4 is 17.6 Å². The summed E-state index contributed by atoms with van der Waals surface area (Å²) in [6, 6.07) is 10.1. The van der Waals surface area contributed by atoms with Gasteiger partial charge in [-0.2, -0.15) is 4.99 Å². The molecule has 0 radical (unpaired) electrons. The zero-order chi connectivity index (χ0) is 15.8. The largest absolute Gasteiger partial charge is 0.369 e. The lowest BCUT2D eigenvalue weighted by Gasteiger charge is -2.06. The van der Waals surface area contributed by atoms with Crippen LogP contribution in [0.1, 0.15) is 37.4 Å². The van der Waals surface area contributed by atoms with Crippen LogP contribution in [0.5, 0.6) is 0 Å². The lowest BCUT2D eigenvalue weighted by Crippen LogP contribution is -2.22. The molecule has 1 aromatic heterocycles. The Balaban J connectivity index is 1.95. The number of guanidine groups is 1. The second-order valence-corrected chi connectivity index (χ2v) is 5.27. The van der Waals surface area contributed by atoms with Gasteiger partial charge in [-0.15, -0.1) is 0 Å². The van der Waals surface area contributed by atoms with Gasteiger partial charge in [0.05, 0.1) is 0 Å². The number of anilines is 1. The highest BCUT2D eigenvalue weighted by Crippen LogP contribution is 2.12. The normalized spacial score (nSPS) is 11.5. The van der Waals surface area contributed by atoms with E-state index in [0.717, 1.165) is 17.8 Å². The Hall–Kier alpha value is -2.43. The fourth-order valence-corrected chi connectivity index (χ4v) is 2.11. The van der Waals surface area contributed by atoms with Gasteiger partial charge in [0.15, 0.2) is 0 Å². The topological polar surface area (TPSA) is 76.2 Å². The molecule has 0 atom stereocenters. The summed E-state index contributed by atoms with van der Waals surface area (Å²) < 4.78 is 0. The summed E-state index contributed by atoms with van der Waals surface area (Å²) >= 11 is 0. The summed E-state index contributed by atoms with van der Waals surface area (Å²) in [6.07, 6.45) is 6.54. The number of aryl methyl sites for hydroxylation is 2. The number of nitrogens with zero attached hydrogens (tertiary/aromatic N) is 3. The van der Waals surface area contributed by atoms with Gasteiger partial charge >= 0.3 is 0 Å². The Morgan fingerprint density at radius 1 is 1.18 bits per heavy atom. The van der Waals surface area contributed by atoms with E-state index < -0.39 is 0 Å². The number of unbranched alkanes of at least 4 members (excludes halogenated alkanes) is 2. The van der Waals surface area contributed by atoms with Crippen LogP contribution >= 0.6 is 0 Å². The van der Waals surface area contributed by atoms with E-state index in [4.69, 9.17) is 5.73 Å². The van der Waals surface area contributed by atoms with E-state index in [9.17, 15) is 0 Å². The van der Waals surface area contributed by atoms with Gasteiger partial charge < -0.3 is 11.1 Å². The van der Waals surface area contributed by atoms with Gasteiger partial charge in [0, 0.05) is 17.6 Å². The van der Waals surface area contributed by atoms with E-state index in [1.54, 1.807) is 6.20 Å². The van der Waals surface area contributed by atoms with Gasteiger partial charge in [-0.05, 0) is 43.5 Å². The highest BCUT2D eigenvalue weighted by molar-refractivity contribution is 5.93. The molecule has 0 aliphatic carbocycles. The minimum absolute atomic E-state index is 0.282. The first-order valence-electron chi connectivity index (χ1n) is 7.67. The first-order chi connectivity index (χ1) is 10.7.